The Morgan fingerprint density at radius 1 is 1.44 bits per heavy atom. The number of halogens is 1. The number of carbonyl (C=O) groups is 1. The molecule has 25 heavy (non-hydrogen) atoms. The molecule has 0 unspecified atom stereocenters. The summed E-state index contributed by atoms with van der Waals surface area (Å²) in [7, 11) is 0. The Kier molecular flexibility index (Phi) is 4.95. The highest BCUT2D eigenvalue weighted by atomic mass is 32.1. The molecular formula is C16H15FN2O5S. The Morgan fingerprint density at radius 2 is 2.24 bits per heavy atom. The third-order valence-corrected chi connectivity index (χ3v) is 4.78. The summed E-state index contributed by atoms with van der Waals surface area (Å²) in [4.78, 5) is 23.2. The van der Waals surface area contributed by atoms with E-state index in [-0.39, 0.29) is 30.5 Å². The molecule has 0 bridgehead atoms. The van der Waals surface area contributed by atoms with Crippen molar-refractivity contribution in [3.05, 3.63) is 55.0 Å². The van der Waals surface area contributed by atoms with Gasteiger partial charge in [-0.1, -0.05) is 0 Å². The Balaban J connectivity index is 1.65. The van der Waals surface area contributed by atoms with Crippen molar-refractivity contribution in [1.82, 2.24) is 5.32 Å². The minimum atomic E-state index is -0.513. The van der Waals surface area contributed by atoms with Crippen LogP contribution in [0.2, 0.25) is 0 Å². The number of ether oxygens (including phenoxy) is 2. The molecule has 0 saturated carbocycles. The SMILES string of the molecule is Cc1sc(C(=O)NCCc2cc(F)cc3c2OCOC3)cc1[N+](=O)[O-]. The number of fused-ring (bicyclic) bond motifs is 1. The van der Waals surface area contributed by atoms with E-state index >= 15 is 0 Å². The zero-order chi connectivity index (χ0) is 18.0. The average Bonchev–Trinajstić information content (AvgIpc) is 2.96. The van der Waals surface area contributed by atoms with Crippen molar-refractivity contribution in [2.75, 3.05) is 13.3 Å². The maximum absolute atomic E-state index is 13.7. The Labute approximate surface area is 146 Å². The van der Waals surface area contributed by atoms with Gasteiger partial charge in [-0.3, -0.25) is 14.9 Å². The summed E-state index contributed by atoms with van der Waals surface area (Å²) >= 11 is 1.07. The molecule has 1 aliphatic rings. The lowest BCUT2D eigenvalue weighted by molar-refractivity contribution is -0.385. The van der Waals surface area contributed by atoms with Gasteiger partial charge < -0.3 is 14.8 Å². The molecule has 132 valence electrons. The number of nitrogens with zero attached hydrogens (tertiary/aromatic N) is 1. The van der Waals surface area contributed by atoms with Crippen molar-refractivity contribution in [2.24, 2.45) is 0 Å². The molecule has 0 atom stereocenters. The van der Waals surface area contributed by atoms with Crippen LogP contribution >= 0.6 is 11.3 Å². The van der Waals surface area contributed by atoms with E-state index in [1.807, 2.05) is 0 Å². The second-order valence-electron chi connectivity index (χ2n) is 5.48. The third-order valence-electron chi connectivity index (χ3n) is 3.74. The summed E-state index contributed by atoms with van der Waals surface area (Å²) in [6.45, 7) is 2.24. The lowest BCUT2D eigenvalue weighted by Crippen LogP contribution is -2.25. The molecule has 7 nitrogen and oxygen atoms in total. The number of rotatable bonds is 5. The summed E-state index contributed by atoms with van der Waals surface area (Å²) in [5, 5.41) is 13.5. The van der Waals surface area contributed by atoms with Crippen molar-refractivity contribution in [2.45, 2.75) is 20.0 Å². The molecule has 1 N–H and O–H groups in total. The number of carbonyl (C=O) groups excluding carboxylic acids is 1. The van der Waals surface area contributed by atoms with Crippen LogP contribution in [0.15, 0.2) is 18.2 Å². The smallest absolute Gasteiger partial charge is 0.283 e. The van der Waals surface area contributed by atoms with Crippen LogP contribution in [0.4, 0.5) is 10.1 Å². The maximum atomic E-state index is 13.7. The fourth-order valence-corrected chi connectivity index (χ4v) is 3.51. The van der Waals surface area contributed by atoms with E-state index in [1.165, 1.54) is 18.2 Å². The van der Waals surface area contributed by atoms with Gasteiger partial charge in [0, 0.05) is 18.2 Å². The van der Waals surface area contributed by atoms with Crippen LogP contribution in [0, 0.1) is 22.9 Å². The quantitative estimate of drug-likeness (QED) is 0.649. The second-order valence-corrected chi connectivity index (χ2v) is 6.74. The average molecular weight is 366 g/mol. The molecule has 9 heteroatoms. The number of hydrogen-bond acceptors (Lipinski definition) is 6. The molecular weight excluding hydrogens is 351 g/mol. The second kappa shape index (κ2) is 7.16. The lowest BCUT2D eigenvalue weighted by Gasteiger charge is -2.20. The maximum Gasteiger partial charge on any atom is 0.283 e. The highest BCUT2D eigenvalue weighted by molar-refractivity contribution is 7.14. The molecule has 2 heterocycles. The topological polar surface area (TPSA) is 90.7 Å². The molecule has 3 rings (SSSR count). The number of amides is 1. The number of hydrogen-bond donors (Lipinski definition) is 1. The molecule has 1 aromatic heterocycles. The normalized spacial score (nSPS) is 13.0. The molecule has 1 aromatic carbocycles. The summed E-state index contributed by atoms with van der Waals surface area (Å²) in [5.41, 5.74) is 1.21. The fourth-order valence-electron chi connectivity index (χ4n) is 2.61. The van der Waals surface area contributed by atoms with Crippen LogP contribution in [0.1, 0.15) is 25.7 Å². The van der Waals surface area contributed by atoms with Gasteiger partial charge in [0.25, 0.3) is 11.6 Å². The number of nitro groups is 1. The molecule has 0 saturated heterocycles. The van der Waals surface area contributed by atoms with Gasteiger partial charge in [0.1, 0.15) is 11.6 Å². The summed E-state index contributed by atoms with van der Waals surface area (Å²) in [5.74, 6) is -0.195. The standard InChI is InChI=1S/C16H15FN2O5S/c1-9-13(19(21)22)6-14(25-9)16(20)18-3-2-10-4-12(17)5-11-7-23-8-24-15(10)11/h4-6H,2-3,7-8H2,1H3,(H,18,20). The first-order valence-corrected chi connectivity index (χ1v) is 8.32. The minimum Gasteiger partial charge on any atom is -0.467 e. The van der Waals surface area contributed by atoms with Crippen LogP contribution in [-0.2, 0) is 17.8 Å². The summed E-state index contributed by atoms with van der Waals surface area (Å²) in [6, 6.07) is 4.00. The first-order valence-electron chi connectivity index (χ1n) is 7.50. The van der Waals surface area contributed by atoms with E-state index in [4.69, 9.17) is 9.47 Å². The van der Waals surface area contributed by atoms with E-state index < -0.39 is 16.6 Å². The van der Waals surface area contributed by atoms with E-state index in [0.717, 1.165) is 11.3 Å². The monoisotopic (exact) mass is 366 g/mol. The fraction of sp³-hybridized carbons (Fsp3) is 0.312. The summed E-state index contributed by atoms with van der Waals surface area (Å²) < 4.78 is 24.2. The zero-order valence-electron chi connectivity index (χ0n) is 13.3. The predicted octanol–water partition coefficient (Wildman–Crippen LogP) is 2.94. The predicted molar refractivity (Wildman–Crippen MR) is 88.4 cm³/mol. The lowest BCUT2D eigenvalue weighted by atomic mass is 10.1. The highest BCUT2D eigenvalue weighted by Crippen LogP contribution is 2.30. The van der Waals surface area contributed by atoms with Crippen LogP contribution in [0.25, 0.3) is 0 Å². The summed E-state index contributed by atoms with van der Waals surface area (Å²) in [6.07, 6.45) is 0.373. The van der Waals surface area contributed by atoms with E-state index in [2.05, 4.69) is 5.32 Å². The Morgan fingerprint density at radius 3 is 2.96 bits per heavy atom. The first-order chi connectivity index (χ1) is 12.0. The molecule has 1 amide bonds. The van der Waals surface area contributed by atoms with Crippen molar-refractivity contribution in [3.63, 3.8) is 0 Å². The zero-order valence-corrected chi connectivity index (χ0v) is 14.2. The number of aryl methyl sites for hydroxylation is 1. The molecule has 0 spiro atoms. The number of nitrogens with one attached hydrogen (secondary N) is 1. The number of thiophene rings is 1. The van der Waals surface area contributed by atoms with E-state index in [1.54, 1.807) is 6.92 Å². The van der Waals surface area contributed by atoms with E-state index in [9.17, 15) is 19.3 Å². The van der Waals surface area contributed by atoms with Crippen molar-refractivity contribution in [3.8, 4) is 5.75 Å². The largest absolute Gasteiger partial charge is 0.467 e. The highest BCUT2D eigenvalue weighted by Gasteiger charge is 2.20. The van der Waals surface area contributed by atoms with Gasteiger partial charge in [0.2, 0.25) is 0 Å². The van der Waals surface area contributed by atoms with Crippen LogP contribution in [-0.4, -0.2) is 24.2 Å². The van der Waals surface area contributed by atoms with Gasteiger partial charge in [-0.2, -0.15) is 0 Å². The third kappa shape index (κ3) is 3.77. The van der Waals surface area contributed by atoms with Crippen molar-refractivity contribution >= 4 is 22.9 Å². The molecule has 0 radical (unpaired) electrons. The van der Waals surface area contributed by atoms with Gasteiger partial charge in [-0.25, -0.2) is 4.39 Å². The van der Waals surface area contributed by atoms with Gasteiger partial charge in [0.05, 0.1) is 21.3 Å². The molecule has 2 aromatic rings. The van der Waals surface area contributed by atoms with Crippen LogP contribution < -0.4 is 10.1 Å². The molecule has 0 aliphatic carbocycles. The van der Waals surface area contributed by atoms with Gasteiger partial charge in [-0.05, 0) is 31.0 Å². The molecule has 0 fully saturated rings. The van der Waals surface area contributed by atoms with Crippen molar-refractivity contribution < 1.29 is 23.6 Å². The Bertz CT molecular complexity index is 836. The van der Waals surface area contributed by atoms with Gasteiger partial charge in [0.15, 0.2) is 6.79 Å². The Hall–Kier alpha value is -2.52. The minimum absolute atomic E-state index is 0.0669. The van der Waals surface area contributed by atoms with Crippen LogP contribution in [0.5, 0.6) is 5.75 Å². The van der Waals surface area contributed by atoms with Crippen molar-refractivity contribution in [1.29, 1.82) is 0 Å². The van der Waals surface area contributed by atoms with E-state index in [0.29, 0.717) is 28.2 Å². The van der Waals surface area contributed by atoms with Gasteiger partial charge >= 0.3 is 0 Å². The first kappa shape index (κ1) is 17.3. The molecule has 1 aliphatic heterocycles. The van der Waals surface area contributed by atoms with Gasteiger partial charge in [-0.15, -0.1) is 11.3 Å². The van der Waals surface area contributed by atoms with Crippen LogP contribution in [0.3, 0.4) is 0 Å². The number of benzene rings is 1.